The van der Waals surface area contributed by atoms with Crippen LogP contribution in [0.1, 0.15) is 63.0 Å². The molecule has 1 aromatic carbocycles. The molecule has 1 aromatic rings. The van der Waals surface area contributed by atoms with Crippen molar-refractivity contribution in [2.45, 2.75) is 70.8 Å². The highest BCUT2D eigenvalue weighted by Gasteiger charge is 2.24. The Bertz CT molecular complexity index is 424. The molecule has 1 N–H and O–H groups in total. The van der Waals surface area contributed by atoms with Crippen LogP contribution in [0.2, 0.25) is 0 Å². The normalized spacial score (nSPS) is 26.8. The summed E-state index contributed by atoms with van der Waals surface area (Å²) in [5.74, 6) is 0.883. The van der Waals surface area contributed by atoms with Crippen molar-refractivity contribution in [1.29, 1.82) is 0 Å². The van der Waals surface area contributed by atoms with Crippen LogP contribution in [0.15, 0.2) is 18.2 Å². The standard InChI is InChI=1S/C18H27N/c1-2-14-8-4-6-12-17(14)19-18-13-7-10-15-9-3-5-11-16(15)18/h7,10,13-14,17,19H,2-6,8-9,11-12H2,1H3. The van der Waals surface area contributed by atoms with E-state index in [4.69, 9.17) is 0 Å². The SMILES string of the molecule is CCC1CCCCC1Nc1cccc2c1CCCC2. The van der Waals surface area contributed by atoms with Gasteiger partial charge >= 0.3 is 0 Å². The highest BCUT2D eigenvalue weighted by atomic mass is 14.9. The molecule has 104 valence electrons. The molecule has 0 radical (unpaired) electrons. The fourth-order valence-electron chi connectivity index (χ4n) is 4.00. The maximum Gasteiger partial charge on any atom is 0.0377 e. The first-order valence-corrected chi connectivity index (χ1v) is 8.25. The third kappa shape index (κ3) is 2.80. The van der Waals surface area contributed by atoms with Crippen molar-refractivity contribution >= 4 is 5.69 Å². The highest BCUT2D eigenvalue weighted by Crippen LogP contribution is 2.33. The molecular formula is C18H27N. The molecule has 0 aliphatic heterocycles. The zero-order valence-electron chi connectivity index (χ0n) is 12.3. The van der Waals surface area contributed by atoms with Crippen molar-refractivity contribution in [2.75, 3.05) is 5.32 Å². The van der Waals surface area contributed by atoms with Gasteiger partial charge in [0, 0.05) is 11.7 Å². The molecular weight excluding hydrogens is 230 g/mol. The summed E-state index contributed by atoms with van der Waals surface area (Å²) < 4.78 is 0. The van der Waals surface area contributed by atoms with Gasteiger partial charge in [-0.15, -0.1) is 0 Å². The second kappa shape index (κ2) is 5.98. The maximum atomic E-state index is 3.91. The molecule has 0 aromatic heterocycles. The summed E-state index contributed by atoms with van der Waals surface area (Å²) in [6.45, 7) is 2.35. The van der Waals surface area contributed by atoms with Crippen molar-refractivity contribution < 1.29 is 0 Å². The molecule has 2 aliphatic rings. The molecule has 2 aliphatic carbocycles. The van der Waals surface area contributed by atoms with Crippen LogP contribution < -0.4 is 5.32 Å². The van der Waals surface area contributed by atoms with E-state index in [0.29, 0.717) is 6.04 Å². The average Bonchev–Trinajstić information content (AvgIpc) is 2.48. The molecule has 0 spiro atoms. The summed E-state index contributed by atoms with van der Waals surface area (Å²) in [6, 6.07) is 7.60. The van der Waals surface area contributed by atoms with E-state index in [1.165, 1.54) is 63.5 Å². The number of aryl methyl sites for hydroxylation is 1. The fourth-order valence-corrected chi connectivity index (χ4v) is 4.00. The lowest BCUT2D eigenvalue weighted by molar-refractivity contribution is 0.317. The van der Waals surface area contributed by atoms with Gasteiger partial charge < -0.3 is 5.32 Å². The lowest BCUT2D eigenvalue weighted by atomic mass is 9.82. The second-order valence-corrected chi connectivity index (χ2v) is 6.35. The van der Waals surface area contributed by atoms with Crippen molar-refractivity contribution in [2.24, 2.45) is 5.92 Å². The lowest BCUT2D eigenvalue weighted by Crippen LogP contribution is -2.32. The van der Waals surface area contributed by atoms with Gasteiger partial charge in [-0.3, -0.25) is 0 Å². The molecule has 0 bridgehead atoms. The van der Waals surface area contributed by atoms with Crippen LogP contribution in [0.5, 0.6) is 0 Å². The molecule has 2 atom stereocenters. The summed E-state index contributed by atoms with van der Waals surface area (Å²) in [4.78, 5) is 0. The van der Waals surface area contributed by atoms with E-state index in [2.05, 4.69) is 30.4 Å². The molecule has 19 heavy (non-hydrogen) atoms. The van der Waals surface area contributed by atoms with Crippen LogP contribution >= 0.6 is 0 Å². The summed E-state index contributed by atoms with van der Waals surface area (Å²) in [7, 11) is 0. The zero-order chi connectivity index (χ0) is 13.1. The van der Waals surface area contributed by atoms with Crippen LogP contribution in [0.25, 0.3) is 0 Å². The maximum absolute atomic E-state index is 3.91. The van der Waals surface area contributed by atoms with E-state index in [0.717, 1.165) is 5.92 Å². The number of rotatable bonds is 3. The average molecular weight is 257 g/mol. The van der Waals surface area contributed by atoms with E-state index < -0.39 is 0 Å². The summed E-state index contributed by atoms with van der Waals surface area (Å²) >= 11 is 0. The summed E-state index contributed by atoms with van der Waals surface area (Å²) in [5, 5.41) is 3.91. The van der Waals surface area contributed by atoms with E-state index in [-0.39, 0.29) is 0 Å². The van der Waals surface area contributed by atoms with Gasteiger partial charge in [0.05, 0.1) is 0 Å². The minimum atomic E-state index is 0.715. The highest BCUT2D eigenvalue weighted by molar-refractivity contribution is 5.56. The van der Waals surface area contributed by atoms with Crippen molar-refractivity contribution in [1.82, 2.24) is 0 Å². The van der Waals surface area contributed by atoms with Crippen LogP contribution in [0, 0.1) is 5.92 Å². The Morgan fingerprint density at radius 1 is 1.05 bits per heavy atom. The van der Waals surface area contributed by atoms with E-state index in [1.54, 1.807) is 11.1 Å². The molecule has 3 rings (SSSR count). The van der Waals surface area contributed by atoms with Crippen LogP contribution in [0.3, 0.4) is 0 Å². The quantitative estimate of drug-likeness (QED) is 0.808. The van der Waals surface area contributed by atoms with Gasteiger partial charge in [0.1, 0.15) is 0 Å². The molecule has 1 saturated carbocycles. The minimum absolute atomic E-state index is 0.715. The van der Waals surface area contributed by atoms with Crippen LogP contribution in [-0.2, 0) is 12.8 Å². The number of benzene rings is 1. The van der Waals surface area contributed by atoms with Crippen LogP contribution in [-0.4, -0.2) is 6.04 Å². The third-order valence-electron chi connectivity index (χ3n) is 5.17. The Morgan fingerprint density at radius 2 is 1.89 bits per heavy atom. The van der Waals surface area contributed by atoms with Crippen molar-refractivity contribution in [3.63, 3.8) is 0 Å². The third-order valence-corrected chi connectivity index (χ3v) is 5.17. The number of hydrogen-bond donors (Lipinski definition) is 1. The van der Waals surface area contributed by atoms with Crippen molar-refractivity contribution in [3.05, 3.63) is 29.3 Å². The van der Waals surface area contributed by atoms with Crippen molar-refractivity contribution in [3.8, 4) is 0 Å². The Hall–Kier alpha value is -0.980. The van der Waals surface area contributed by atoms with E-state index in [1.807, 2.05) is 0 Å². The van der Waals surface area contributed by atoms with Gasteiger partial charge in [-0.05, 0) is 61.6 Å². The first kappa shape index (κ1) is 13.0. The van der Waals surface area contributed by atoms with Gasteiger partial charge in [0.2, 0.25) is 0 Å². The molecule has 0 heterocycles. The molecule has 1 fully saturated rings. The van der Waals surface area contributed by atoms with E-state index >= 15 is 0 Å². The zero-order valence-corrected chi connectivity index (χ0v) is 12.3. The fraction of sp³-hybridized carbons (Fsp3) is 0.667. The Morgan fingerprint density at radius 3 is 2.79 bits per heavy atom. The molecule has 1 heteroatoms. The van der Waals surface area contributed by atoms with Gasteiger partial charge in [0.25, 0.3) is 0 Å². The predicted molar refractivity (Wildman–Crippen MR) is 82.7 cm³/mol. The van der Waals surface area contributed by atoms with E-state index in [9.17, 15) is 0 Å². The number of fused-ring (bicyclic) bond motifs is 1. The van der Waals surface area contributed by atoms with Gasteiger partial charge in [0.15, 0.2) is 0 Å². The van der Waals surface area contributed by atoms with Gasteiger partial charge in [-0.25, -0.2) is 0 Å². The topological polar surface area (TPSA) is 12.0 Å². The lowest BCUT2D eigenvalue weighted by Gasteiger charge is -2.33. The molecule has 0 saturated heterocycles. The Balaban J connectivity index is 1.78. The Labute approximate surface area is 117 Å². The molecule has 1 nitrogen and oxygen atoms in total. The number of hydrogen-bond acceptors (Lipinski definition) is 1. The van der Waals surface area contributed by atoms with Gasteiger partial charge in [-0.1, -0.05) is 38.3 Å². The number of anilines is 1. The summed E-state index contributed by atoms with van der Waals surface area (Å²) in [6.07, 6.45) is 12.3. The number of nitrogens with one attached hydrogen (secondary N) is 1. The minimum Gasteiger partial charge on any atom is -0.382 e. The van der Waals surface area contributed by atoms with Gasteiger partial charge in [-0.2, -0.15) is 0 Å². The molecule has 0 amide bonds. The second-order valence-electron chi connectivity index (χ2n) is 6.35. The predicted octanol–water partition coefficient (Wildman–Crippen LogP) is 4.95. The Kier molecular flexibility index (Phi) is 4.10. The monoisotopic (exact) mass is 257 g/mol. The first-order valence-electron chi connectivity index (χ1n) is 8.25. The summed E-state index contributed by atoms with van der Waals surface area (Å²) in [5.41, 5.74) is 4.66. The molecule has 2 unspecified atom stereocenters. The largest absolute Gasteiger partial charge is 0.382 e. The van der Waals surface area contributed by atoms with Crippen LogP contribution in [0.4, 0.5) is 5.69 Å². The smallest absolute Gasteiger partial charge is 0.0377 e. The first-order chi connectivity index (χ1) is 9.38.